The molecular weight excluding hydrogens is 444 g/mol. The van der Waals surface area contributed by atoms with Gasteiger partial charge in [-0.15, -0.1) is 12.4 Å². The summed E-state index contributed by atoms with van der Waals surface area (Å²) in [6.45, 7) is 4.78. The van der Waals surface area contributed by atoms with Gasteiger partial charge in [-0.3, -0.25) is 9.69 Å². The zero-order valence-electron chi connectivity index (χ0n) is 19.5. The number of hydrogen-bond acceptors (Lipinski definition) is 5. The Bertz CT molecular complexity index is 790. The number of carbonyl (C=O) groups is 2. The molecule has 184 valence electrons. The molecule has 0 aromatic heterocycles. The van der Waals surface area contributed by atoms with Gasteiger partial charge in [0.15, 0.2) is 0 Å². The van der Waals surface area contributed by atoms with E-state index < -0.39 is 11.5 Å². The van der Waals surface area contributed by atoms with Crippen LogP contribution in [0.4, 0.5) is 0 Å². The first-order valence-electron chi connectivity index (χ1n) is 12.1. The fourth-order valence-electron chi connectivity index (χ4n) is 5.43. The molecule has 1 aliphatic carbocycles. The fourth-order valence-corrected chi connectivity index (χ4v) is 5.43. The van der Waals surface area contributed by atoms with Crippen LogP contribution in [0.1, 0.15) is 80.3 Å². The number of nitrogens with one attached hydrogen (secondary N) is 1. The smallest absolute Gasteiger partial charge is 0.335 e. The van der Waals surface area contributed by atoms with Gasteiger partial charge in [0.05, 0.1) is 23.8 Å². The third-order valence-electron chi connectivity index (χ3n) is 7.44. The van der Waals surface area contributed by atoms with Crippen molar-refractivity contribution in [1.29, 1.82) is 0 Å². The molecule has 4 rings (SSSR count). The number of rotatable bonds is 7. The zero-order chi connectivity index (χ0) is 22.6. The molecule has 0 spiro atoms. The summed E-state index contributed by atoms with van der Waals surface area (Å²) >= 11 is 0. The lowest BCUT2D eigenvalue weighted by atomic mass is 9.86. The van der Waals surface area contributed by atoms with E-state index in [-0.39, 0.29) is 36.0 Å². The largest absolute Gasteiger partial charge is 0.478 e. The number of aromatic carboxylic acids is 1. The lowest BCUT2D eigenvalue weighted by molar-refractivity contribution is -0.141. The minimum Gasteiger partial charge on any atom is -0.478 e. The molecule has 0 radical (unpaired) electrons. The highest BCUT2D eigenvalue weighted by atomic mass is 35.5. The first-order chi connectivity index (χ1) is 15.5. The number of likely N-dealkylation sites (tertiary alicyclic amines) is 1. The van der Waals surface area contributed by atoms with Crippen molar-refractivity contribution in [3.05, 3.63) is 35.4 Å². The minimum atomic E-state index is -0.951. The molecule has 1 amide bonds. The summed E-state index contributed by atoms with van der Waals surface area (Å²) in [5, 5.41) is 12.3. The summed E-state index contributed by atoms with van der Waals surface area (Å²) in [6.07, 6.45) is 9.07. The van der Waals surface area contributed by atoms with E-state index in [9.17, 15) is 9.59 Å². The van der Waals surface area contributed by atoms with Gasteiger partial charge in [-0.1, -0.05) is 31.4 Å². The predicted molar refractivity (Wildman–Crippen MR) is 128 cm³/mol. The number of hydrogen-bond donors (Lipinski definition) is 2. The van der Waals surface area contributed by atoms with Crippen molar-refractivity contribution < 1.29 is 24.2 Å². The van der Waals surface area contributed by atoms with Crippen molar-refractivity contribution in [3.63, 3.8) is 0 Å². The van der Waals surface area contributed by atoms with Crippen LogP contribution >= 0.6 is 12.4 Å². The maximum Gasteiger partial charge on any atom is 0.335 e. The molecule has 2 N–H and O–H groups in total. The van der Waals surface area contributed by atoms with E-state index in [1.54, 1.807) is 24.3 Å². The van der Waals surface area contributed by atoms with Crippen LogP contribution in [0.2, 0.25) is 0 Å². The Morgan fingerprint density at radius 2 is 1.76 bits per heavy atom. The van der Waals surface area contributed by atoms with Crippen molar-refractivity contribution in [2.45, 2.75) is 82.1 Å². The van der Waals surface area contributed by atoms with E-state index in [1.807, 2.05) is 6.92 Å². The number of amides is 1. The lowest BCUT2D eigenvalue weighted by Crippen LogP contribution is -2.61. The van der Waals surface area contributed by atoms with Gasteiger partial charge in [-0.2, -0.15) is 0 Å². The first-order valence-corrected chi connectivity index (χ1v) is 12.1. The maximum atomic E-state index is 13.6. The van der Waals surface area contributed by atoms with Gasteiger partial charge >= 0.3 is 5.97 Å². The highest BCUT2D eigenvalue weighted by Crippen LogP contribution is 2.34. The Kier molecular flexibility index (Phi) is 9.16. The standard InChI is InChI=1S/C25H36N2O5.ClH/c1-18(19-7-9-20(10-8-19)23(28)29)26-24(30)25(12-15-31-16-13-25)27-14-11-22(17-27)32-21-5-3-2-4-6-21;/h7-10,18,21-22H,2-6,11-17H2,1H3,(H,26,30)(H,28,29);1H/t18-,22+;/m0./s1. The SMILES string of the molecule is C[C@H](NC(=O)C1(N2CC[C@@H](OC3CCCCC3)C2)CCOCC1)c1ccc(C(=O)O)cc1.Cl. The number of carboxylic acids is 1. The number of carbonyl (C=O) groups excluding carboxylic acids is 1. The summed E-state index contributed by atoms with van der Waals surface area (Å²) in [6, 6.07) is 6.50. The highest BCUT2D eigenvalue weighted by molar-refractivity contribution is 5.88. The summed E-state index contributed by atoms with van der Waals surface area (Å²) in [4.78, 5) is 27.1. The van der Waals surface area contributed by atoms with Gasteiger partial charge in [-0.05, 0) is 56.7 Å². The lowest BCUT2D eigenvalue weighted by Gasteiger charge is -2.43. The second kappa shape index (κ2) is 11.6. The zero-order valence-corrected chi connectivity index (χ0v) is 20.3. The second-order valence-electron chi connectivity index (χ2n) is 9.52. The third-order valence-corrected chi connectivity index (χ3v) is 7.44. The van der Waals surface area contributed by atoms with E-state index in [4.69, 9.17) is 14.6 Å². The summed E-state index contributed by atoms with van der Waals surface area (Å²) in [5.41, 5.74) is 0.567. The normalized spacial score (nSPS) is 24.6. The molecule has 2 saturated heterocycles. The molecule has 0 bridgehead atoms. The van der Waals surface area contributed by atoms with Gasteiger partial charge in [0.1, 0.15) is 5.54 Å². The molecule has 2 aliphatic heterocycles. The molecule has 3 aliphatic rings. The molecule has 2 atom stereocenters. The molecule has 7 nitrogen and oxygen atoms in total. The van der Waals surface area contributed by atoms with Gasteiger partial charge < -0.3 is 19.9 Å². The second-order valence-corrected chi connectivity index (χ2v) is 9.52. The number of nitrogens with zero attached hydrogens (tertiary/aromatic N) is 1. The van der Waals surface area contributed by atoms with E-state index >= 15 is 0 Å². The van der Waals surface area contributed by atoms with Crippen LogP contribution in [-0.2, 0) is 14.3 Å². The van der Waals surface area contributed by atoms with Crippen LogP contribution in [0.25, 0.3) is 0 Å². The highest BCUT2D eigenvalue weighted by Gasteiger charge is 2.48. The molecular formula is C25H37ClN2O5. The van der Waals surface area contributed by atoms with Gasteiger partial charge in [0, 0.05) is 26.3 Å². The Labute approximate surface area is 202 Å². The number of benzene rings is 1. The molecule has 2 heterocycles. The van der Waals surface area contributed by atoms with Crippen LogP contribution in [-0.4, -0.2) is 65.9 Å². The van der Waals surface area contributed by atoms with Crippen LogP contribution in [0.3, 0.4) is 0 Å². The van der Waals surface area contributed by atoms with Gasteiger partial charge in [0.2, 0.25) is 5.91 Å². The Morgan fingerprint density at radius 3 is 2.39 bits per heavy atom. The molecule has 0 unspecified atom stereocenters. The Hall–Kier alpha value is -1.67. The minimum absolute atomic E-state index is 0. The van der Waals surface area contributed by atoms with Crippen molar-refractivity contribution in [1.82, 2.24) is 10.2 Å². The van der Waals surface area contributed by atoms with Gasteiger partial charge in [-0.25, -0.2) is 4.79 Å². The summed E-state index contributed by atoms with van der Waals surface area (Å²) in [7, 11) is 0. The average molecular weight is 481 g/mol. The molecule has 33 heavy (non-hydrogen) atoms. The Balaban J connectivity index is 0.00000306. The quantitative estimate of drug-likeness (QED) is 0.614. The first kappa shape index (κ1) is 25.9. The van der Waals surface area contributed by atoms with Gasteiger partial charge in [0.25, 0.3) is 0 Å². The molecule has 3 fully saturated rings. The fraction of sp³-hybridized carbons (Fsp3) is 0.680. The van der Waals surface area contributed by atoms with E-state index in [0.717, 1.165) is 37.9 Å². The topological polar surface area (TPSA) is 88.1 Å². The van der Waals surface area contributed by atoms with Crippen molar-refractivity contribution in [3.8, 4) is 0 Å². The maximum absolute atomic E-state index is 13.6. The van der Waals surface area contributed by atoms with Crippen LogP contribution in [0.15, 0.2) is 24.3 Å². The third kappa shape index (κ3) is 6.07. The number of ether oxygens (including phenoxy) is 2. The monoisotopic (exact) mass is 480 g/mol. The van der Waals surface area contributed by atoms with E-state index in [1.165, 1.54) is 19.3 Å². The average Bonchev–Trinajstić information content (AvgIpc) is 3.29. The summed E-state index contributed by atoms with van der Waals surface area (Å²) in [5.74, 6) is -0.914. The molecule has 8 heteroatoms. The van der Waals surface area contributed by atoms with Crippen molar-refractivity contribution in [2.75, 3.05) is 26.3 Å². The Morgan fingerprint density at radius 1 is 1.09 bits per heavy atom. The number of halogens is 1. The predicted octanol–water partition coefficient (Wildman–Crippen LogP) is 3.96. The van der Waals surface area contributed by atoms with Crippen molar-refractivity contribution in [2.24, 2.45) is 0 Å². The molecule has 1 aromatic rings. The molecule has 1 aromatic carbocycles. The van der Waals surface area contributed by atoms with Crippen LogP contribution in [0.5, 0.6) is 0 Å². The number of carboxylic acid groups (broad SMARTS) is 1. The molecule has 1 saturated carbocycles. The van der Waals surface area contributed by atoms with Crippen LogP contribution in [0, 0.1) is 0 Å². The summed E-state index contributed by atoms with van der Waals surface area (Å²) < 4.78 is 12.0. The van der Waals surface area contributed by atoms with E-state index in [0.29, 0.717) is 32.2 Å². The van der Waals surface area contributed by atoms with Crippen LogP contribution < -0.4 is 5.32 Å². The van der Waals surface area contributed by atoms with E-state index in [2.05, 4.69) is 10.2 Å². The van der Waals surface area contributed by atoms with Crippen molar-refractivity contribution >= 4 is 24.3 Å².